The van der Waals surface area contributed by atoms with Crippen molar-refractivity contribution in [3.63, 3.8) is 0 Å². The quantitative estimate of drug-likeness (QED) is 0.785. The fourth-order valence-corrected chi connectivity index (χ4v) is 2.17. The van der Waals surface area contributed by atoms with E-state index in [2.05, 4.69) is 0 Å². The van der Waals surface area contributed by atoms with Gasteiger partial charge in [0.1, 0.15) is 6.04 Å². The molecule has 2 unspecified atom stereocenters. The Labute approximate surface area is 112 Å². The van der Waals surface area contributed by atoms with Crippen molar-refractivity contribution in [2.45, 2.75) is 31.9 Å². The van der Waals surface area contributed by atoms with E-state index < -0.39 is 12.0 Å². The van der Waals surface area contributed by atoms with Gasteiger partial charge in [-0.25, -0.2) is 9.59 Å². The van der Waals surface area contributed by atoms with Gasteiger partial charge in [-0.3, -0.25) is 0 Å². The largest absolute Gasteiger partial charge is 0.480 e. The van der Waals surface area contributed by atoms with E-state index in [4.69, 9.17) is 15.1 Å². The van der Waals surface area contributed by atoms with E-state index in [9.17, 15) is 9.59 Å². The Balaban J connectivity index is 2.77. The number of likely N-dealkylation sites (tertiary alicyclic amines) is 1. The summed E-state index contributed by atoms with van der Waals surface area (Å²) in [5.74, 6) is -1.02. The second kappa shape index (κ2) is 6.95. The molecule has 1 heterocycles. The first-order valence-electron chi connectivity index (χ1n) is 6.23. The number of rotatable bonds is 5. The maximum atomic E-state index is 12.3. The molecule has 0 bridgehead atoms. The Kier molecular flexibility index (Phi) is 5.57. The van der Waals surface area contributed by atoms with Crippen LogP contribution in [0.1, 0.15) is 19.8 Å². The SMILES string of the molecule is CCN(CCC#N)C(=O)N1CC(OC)CC1C(=O)O. The summed E-state index contributed by atoms with van der Waals surface area (Å²) in [6.45, 7) is 2.83. The minimum absolute atomic E-state index is 0.235. The fraction of sp³-hybridized carbons (Fsp3) is 0.750. The number of carboxylic acid groups (broad SMARTS) is 1. The molecule has 1 saturated heterocycles. The number of carbonyl (C=O) groups excluding carboxylic acids is 1. The standard InChI is InChI=1S/C12H19N3O4/c1-3-14(6-4-5-13)12(18)15-8-9(19-2)7-10(15)11(16)17/h9-10H,3-4,6-8H2,1-2H3,(H,16,17). The van der Waals surface area contributed by atoms with Crippen molar-refractivity contribution < 1.29 is 19.4 Å². The zero-order valence-corrected chi connectivity index (χ0v) is 11.2. The monoisotopic (exact) mass is 269 g/mol. The first-order valence-corrected chi connectivity index (χ1v) is 6.23. The van der Waals surface area contributed by atoms with Gasteiger partial charge in [-0.2, -0.15) is 5.26 Å². The van der Waals surface area contributed by atoms with E-state index >= 15 is 0 Å². The van der Waals surface area contributed by atoms with E-state index in [0.29, 0.717) is 19.5 Å². The lowest BCUT2D eigenvalue weighted by Crippen LogP contribution is -2.48. The van der Waals surface area contributed by atoms with Crippen molar-refractivity contribution in [3.05, 3.63) is 0 Å². The molecular formula is C12H19N3O4. The van der Waals surface area contributed by atoms with Crippen LogP contribution < -0.4 is 0 Å². The summed E-state index contributed by atoms with van der Waals surface area (Å²) in [6, 6.07) is 0.782. The number of nitriles is 1. The molecule has 0 spiro atoms. The second-order valence-corrected chi connectivity index (χ2v) is 4.37. The topological polar surface area (TPSA) is 93.9 Å². The number of aliphatic carboxylic acids is 1. The molecule has 0 aromatic heterocycles. The third-order valence-electron chi connectivity index (χ3n) is 3.27. The molecule has 1 aliphatic rings. The van der Waals surface area contributed by atoms with Gasteiger partial charge in [0.25, 0.3) is 0 Å². The van der Waals surface area contributed by atoms with E-state index in [0.717, 1.165) is 0 Å². The molecule has 0 aromatic rings. The lowest BCUT2D eigenvalue weighted by Gasteiger charge is -2.28. The number of amides is 2. The molecule has 2 atom stereocenters. The van der Waals surface area contributed by atoms with Crippen LogP contribution >= 0.6 is 0 Å². The third kappa shape index (κ3) is 3.58. The number of carbonyl (C=O) groups is 2. The van der Waals surface area contributed by atoms with Crippen LogP contribution in [0, 0.1) is 11.3 Å². The summed E-state index contributed by atoms with van der Waals surface area (Å²) in [4.78, 5) is 26.3. The molecule has 1 fully saturated rings. The smallest absolute Gasteiger partial charge is 0.326 e. The number of ether oxygens (including phenoxy) is 1. The highest BCUT2D eigenvalue weighted by molar-refractivity contribution is 5.83. The van der Waals surface area contributed by atoms with Gasteiger partial charge < -0.3 is 19.6 Å². The predicted octanol–water partition coefficient (Wildman–Crippen LogP) is 0.516. The molecule has 0 aliphatic carbocycles. The lowest BCUT2D eigenvalue weighted by molar-refractivity contribution is -0.141. The van der Waals surface area contributed by atoms with Crippen LogP contribution in [0.3, 0.4) is 0 Å². The molecule has 19 heavy (non-hydrogen) atoms. The van der Waals surface area contributed by atoms with Crippen molar-refractivity contribution in [1.82, 2.24) is 9.80 Å². The summed E-state index contributed by atoms with van der Waals surface area (Å²) in [5.41, 5.74) is 0. The van der Waals surface area contributed by atoms with E-state index in [1.54, 1.807) is 6.92 Å². The van der Waals surface area contributed by atoms with Crippen LogP contribution in [0.5, 0.6) is 0 Å². The molecular weight excluding hydrogens is 250 g/mol. The van der Waals surface area contributed by atoms with Crippen molar-refractivity contribution in [2.24, 2.45) is 0 Å². The number of hydrogen-bond donors (Lipinski definition) is 1. The molecule has 7 nitrogen and oxygen atoms in total. The predicted molar refractivity (Wildman–Crippen MR) is 66.4 cm³/mol. The molecule has 1 rings (SSSR count). The highest BCUT2D eigenvalue weighted by Gasteiger charge is 2.41. The maximum absolute atomic E-state index is 12.3. The second-order valence-electron chi connectivity index (χ2n) is 4.37. The maximum Gasteiger partial charge on any atom is 0.326 e. The summed E-state index contributed by atoms with van der Waals surface area (Å²) in [6.07, 6.45) is 0.284. The first kappa shape index (κ1) is 15.2. The summed E-state index contributed by atoms with van der Waals surface area (Å²) in [7, 11) is 1.50. The van der Waals surface area contributed by atoms with Gasteiger partial charge >= 0.3 is 12.0 Å². The zero-order valence-electron chi connectivity index (χ0n) is 11.2. The minimum atomic E-state index is -1.02. The van der Waals surface area contributed by atoms with Gasteiger partial charge in [-0.05, 0) is 6.92 Å². The van der Waals surface area contributed by atoms with Crippen molar-refractivity contribution >= 4 is 12.0 Å². The van der Waals surface area contributed by atoms with Gasteiger partial charge in [0.05, 0.1) is 18.6 Å². The van der Waals surface area contributed by atoms with Gasteiger partial charge in [-0.1, -0.05) is 0 Å². The fourth-order valence-electron chi connectivity index (χ4n) is 2.17. The van der Waals surface area contributed by atoms with E-state index in [1.165, 1.54) is 16.9 Å². The van der Waals surface area contributed by atoms with Crippen molar-refractivity contribution in [1.29, 1.82) is 5.26 Å². The van der Waals surface area contributed by atoms with Crippen LogP contribution in [0.2, 0.25) is 0 Å². The molecule has 0 saturated carbocycles. The van der Waals surface area contributed by atoms with Gasteiger partial charge in [-0.15, -0.1) is 0 Å². The highest BCUT2D eigenvalue weighted by Crippen LogP contribution is 2.22. The number of nitrogens with zero attached hydrogens (tertiary/aromatic N) is 3. The normalized spacial score (nSPS) is 22.1. The minimum Gasteiger partial charge on any atom is -0.480 e. The van der Waals surface area contributed by atoms with Crippen LogP contribution in [0.15, 0.2) is 0 Å². The zero-order chi connectivity index (χ0) is 14.4. The number of carboxylic acids is 1. The Morgan fingerprint density at radius 2 is 2.26 bits per heavy atom. The van der Waals surface area contributed by atoms with Gasteiger partial charge in [0.15, 0.2) is 0 Å². The number of methoxy groups -OCH3 is 1. The van der Waals surface area contributed by atoms with Crippen LogP contribution in [-0.4, -0.2) is 65.8 Å². The first-order chi connectivity index (χ1) is 9.04. The molecule has 2 amide bonds. The summed E-state index contributed by atoms with van der Waals surface area (Å²) >= 11 is 0. The molecule has 1 aliphatic heterocycles. The Morgan fingerprint density at radius 3 is 2.74 bits per heavy atom. The van der Waals surface area contributed by atoms with E-state index in [1.807, 2.05) is 6.07 Å². The van der Waals surface area contributed by atoms with Crippen LogP contribution in [0.4, 0.5) is 4.79 Å². The molecule has 0 radical (unpaired) electrons. The van der Waals surface area contributed by atoms with Crippen LogP contribution in [0.25, 0.3) is 0 Å². The Morgan fingerprint density at radius 1 is 1.58 bits per heavy atom. The lowest BCUT2D eigenvalue weighted by atomic mass is 10.2. The molecule has 0 aromatic carbocycles. The van der Waals surface area contributed by atoms with Gasteiger partial charge in [0, 0.05) is 33.2 Å². The molecule has 7 heteroatoms. The molecule has 1 N–H and O–H groups in total. The average Bonchev–Trinajstić information content (AvgIpc) is 2.83. The Bertz CT molecular complexity index is 380. The van der Waals surface area contributed by atoms with Crippen LogP contribution in [-0.2, 0) is 9.53 Å². The summed E-state index contributed by atoms with van der Waals surface area (Å²) in [5, 5.41) is 17.7. The third-order valence-corrected chi connectivity index (χ3v) is 3.27. The highest BCUT2D eigenvalue weighted by atomic mass is 16.5. The number of hydrogen-bond acceptors (Lipinski definition) is 4. The number of urea groups is 1. The van der Waals surface area contributed by atoms with Gasteiger partial charge in [0.2, 0.25) is 0 Å². The Hall–Kier alpha value is -1.81. The summed E-state index contributed by atoms with van der Waals surface area (Å²) < 4.78 is 5.14. The van der Waals surface area contributed by atoms with Crippen molar-refractivity contribution in [3.8, 4) is 6.07 Å². The van der Waals surface area contributed by atoms with Crippen molar-refractivity contribution in [2.75, 3.05) is 26.7 Å². The molecule has 106 valence electrons. The van der Waals surface area contributed by atoms with E-state index in [-0.39, 0.29) is 25.1 Å². The average molecular weight is 269 g/mol.